The van der Waals surface area contributed by atoms with Crippen molar-refractivity contribution in [3.05, 3.63) is 29.8 Å². The molecule has 6 nitrogen and oxygen atoms in total. The number of likely N-dealkylation sites (tertiary alicyclic amines) is 1. The van der Waals surface area contributed by atoms with Gasteiger partial charge in [0, 0.05) is 24.8 Å². The van der Waals surface area contributed by atoms with Gasteiger partial charge in [0.1, 0.15) is 0 Å². The minimum Gasteiger partial charge on any atom is -0.345 e. The van der Waals surface area contributed by atoms with Gasteiger partial charge >= 0.3 is 11.8 Å². The lowest BCUT2D eigenvalue weighted by Gasteiger charge is -2.30. The number of anilines is 1. The monoisotopic (exact) mass is 300 g/mol. The molecule has 0 unspecified atom stereocenters. The summed E-state index contributed by atoms with van der Waals surface area (Å²) in [7, 11) is 0. The second kappa shape index (κ2) is 7.57. The van der Waals surface area contributed by atoms with E-state index in [-0.39, 0.29) is 6.04 Å². The maximum absolute atomic E-state index is 11.9. The zero-order chi connectivity index (χ0) is 15.9. The van der Waals surface area contributed by atoms with Crippen molar-refractivity contribution in [2.45, 2.75) is 25.8 Å². The van der Waals surface area contributed by atoms with E-state index < -0.39 is 11.8 Å². The maximum Gasteiger partial charge on any atom is 0.313 e. The molecule has 1 aliphatic heterocycles. The molecule has 1 fully saturated rings. The van der Waals surface area contributed by atoms with Crippen LogP contribution in [-0.2, 0) is 9.59 Å². The number of para-hydroxylation sites is 1. The fourth-order valence-corrected chi connectivity index (χ4v) is 2.48. The number of nitrogens with zero attached hydrogens (tertiary/aromatic N) is 2. The van der Waals surface area contributed by atoms with Crippen molar-refractivity contribution in [2.24, 2.45) is 0 Å². The molecule has 0 atom stereocenters. The number of benzene rings is 1. The summed E-state index contributed by atoms with van der Waals surface area (Å²) in [5, 5.41) is 14.0. The number of carbonyl (C=O) groups excluding carboxylic acids is 2. The molecule has 1 saturated heterocycles. The number of piperidine rings is 1. The number of nitriles is 1. The smallest absolute Gasteiger partial charge is 0.313 e. The lowest BCUT2D eigenvalue weighted by atomic mass is 10.1. The van der Waals surface area contributed by atoms with Crippen LogP contribution in [0.15, 0.2) is 24.3 Å². The number of nitrogens with one attached hydrogen (secondary N) is 2. The molecule has 2 amide bonds. The van der Waals surface area contributed by atoms with E-state index in [4.69, 9.17) is 5.26 Å². The van der Waals surface area contributed by atoms with Gasteiger partial charge in [-0.3, -0.25) is 14.5 Å². The predicted octanol–water partition coefficient (Wildman–Crippen LogP) is 1.04. The largest absolute Gasteiger partial charge is 0.345 e. The van der Waals surface area contributed by atoms with Gasteiger partial charge < -0.3 is 10.6 Å². The van der Waals surface area contributed by atoms with Crippen LogP contribution in [0.1, 0.15) is 18.4 Å². The van der Waals surface area contributed by atoms with Crippen molar-refractivity contribution in [1.82, 2.24) is 10.2 Å². The molecule has 0 bridgehead atoms. The maximum atomic E-state index is 11.9. The van der Waals surface area contributed by atoms with Gasteiger partial charge in [-0.2, -0.15) is 5.26 Å². The standard InChI is InChI=1S/C16H20N4O2/c1-12-4-2-3-5-14(12)19-16(22)15(21)18-13-6-9-20(10-7-13)11-8-17/h2-5,13H,6-7,9-11H2,1H3,(H,18,21)(H,19,22). The van der Waals surface area contributed by atoms with Crippen LogP contribution in [0.25, 0.3) is 0 Å². The number of carbonyl (C=O) groups is 2. The second-order valence-electron chi connectivity index (χ2n) is 5.45. The van der Waals surface area contributed by atoms with Gasteiger partial charge in [0.05, 0.1) is 12.6 Å². The van der Waals surface area contributed by atoms with Gasteiger partial charge in [0.25, 0.3) is 0 Å². The Bertz CT molecular complexity index is 586. The van der Waals surface area contributed by atoms with Crippen LogP contribution < -0.4 is 10.6 Å². The van der Waals surface area contributed by atoms with Crippen LogP contribution in [0.4, 0.5) is 5.69 Å². The first-order valence-corrected chi connectivity index (χ1v) is 7.37. The van der Waals surface area contributed by atoms with Crippen LogP contribution in [0.5, 0.6) is 0 Å². The first-order chi connectivity index (χ1) is 10.6. The van der Waals surface area contributed by atoms with Crippen LogP contribution in [0.2, 0.25) is 0 Å². The molecule has 0 radical (unpaired) electrons. The molecular formula is C16H20N4O2. The predicted molar refractivity (Wildman–Crippen MR) is 83.0 cm³/mol. The molecule has 116 valence electrons. The molecule has 1 heterocycles. The zero-order valence-electron chi connectivity index (χ0n) is 12.6. The Kier molecular flexibility index (Phi) is 5.50. The van der Waals surface area contributed by atoms with Crippen molar-refractivity contribution in [2.75, 3.05) is 25.0 Å². The first kappa shape index (κ1) is 16.0. The summed E-state index contributed by atoms with van der Waals surface area (Å²) in [6, 6.07) is 9.43. The SMILES string of the molecule is Cc1ccccc1NC(=O)C(=O)NC1CCN(CC#N)CC1. The second-order valence-corrected chi connectivity index (χ2v) is 5.45. The highest BCUT2D eigenvalue weighted by molar-refractivity contribution is 6.39. The van der Waals surface area contributed by atoms with Gasteiger partial charge in [0.15, 0.2) is 0 Å². The quantitative estimate of drug-likeness (QED) is 0.645. The molecule has 2 rings (SSSR count). The van der Waals surface area contributed by atoms with E-state index in [1.807, 2.05) is 30.0 Å². The Morgan fingerprint density at radius 3 is 2.59 bits per heavy atom. The Balaban J connectivity index is 1.81. The van der Waals surface area contributed by atoms with Crippen molar-refractivity contribution < 1.29 is 9.59 Å². The van der Waals surface area contributed by atoms with Crippen molar-refractivity contribution >= 4 is 17.5 Å². The van der Waals surface area contributed by atoms with E-state index >= 15 is 0 Å². The van der Waals surface area contributed by atoms with Gasteiger partial charge in [0.2, 0.25) is 0 Å². The summed E-state index contributed by atoms with van der Waals surface area (Å²) in [6.45, 7) is 3.81. The molecule has 0 aliphatic carbocycles. The van der Waals surface area contributed by atoms with E-state index in [2.05, 4.69) is 16.7 Å². The van der Waals surface area contributed by atoms with E-state index in [0.717, 1.165) is 31.5 Å². The molecule has 2 N–H and O–H groups in total. The average Bonchev–Trinajstić information content (AvgIpc) is 2.51. The number of aryl methyl sites for hydroxylation is 1. The highest BCUT2D eigenvalue weighted by Crippen LogP contribution is 2.13. The Morgan fingerprint density at radius 2 is 1.95 bits per heavy atom. The molecule has 1 aromatic rings. The molecule has 22 heavy (non-hydrogen) atoms. The third kappa shape index (κ3) is 4.30. The molecule has 0 spiro atoms. The topological polar surface area (TPSA) is 85.2 Å². The van der Waals surface area contributed by atoms with Gasteiger partial charge in [-0.25, -0.2) is 0 Å². The van der Waals surface area contributed by atoms with Gasteiger partial charge in [-0.15, -0.1) is 0 Å². The normalized spacial score (nSPS) is 15.8. The van der Waals surface area contributed by atoms with Crippen LogP contribution >= 0.6 is 0 Å². The Hall–Kier alpha value is -2.39. The van der Waals surface area contributed by atoms with Crippen LogP contribution in [0, 0.1) is 18.3 Å². The summed E-state index contributed by atoms with van der Waals surface area (Å²) in [4.78, 5) is 25.9. The van der Waals surface area contributed by atoms with Crippen molar-refractivity contribution in [1.29, 1.82) is 5.26 Å². The van der Waals surface area contributed by atoms with Gasteiger partial charge in [-0.1, -0.05) is 18.2 Å². The Labute approximate surface area is 130 Å². The van der Waals surface area contributed by atoms with Crippen LogP contribution in [-0.4, -0.2) is 42.4 Å². The lowest BCUT2D eigenvalue weighted by molar-refractivity contribution is -0.136. The molecular weight excluding hydrogens is 280 g/mol. The Morgan fingerprint density at radius 1 is 1.27 bits per heavy atom. The summed E-state index contributed by atoms with van der Waals surface area (Å²) in [6.07, 6.45) is 1.51. The molecule has 0 aromatic heterocycles. The first-order valence-electron chi connectivity index (χ1n) is 7.37. The minimum absolute atomic E-state index is 0.00920. The molecule has 1 aromatic carbocycles. The summed E-state index contributed by atoms with van der Waals surface area (Å²) in [5.74, 6) is -1.25. The lowest BCUT2D eigenvalue weighted by Crippen LogP contribution is -2.47. The van der Waals surface area contributed by atoms with E-state index in [0.29, 0.717) is 12.2 Å². The summed E-state index contributed by atoms with van der Waals surface area (Å²) >= 11 is 0. The van der Waals surface area contributed by atoms with E-state index in [1.165, 1.54) is 0 Å². The molecule has 6 heteroatoms. The highest BCUT2D eigenvalue weighted by atomic mass is 16.2. The number of amides is 2. The van der Waals surface area contributed by atoms with E-state index in [1.54, 1.807) is 6.07 Å². The fourth-order valence-electron chi connectivity index (χ4n) is 2.48. The fraction of sp³-hybridized carbons (Fsp3) is 0.438. The average molecular weight is 300 g/mol. The number of hydrogen-bond acceptors (Lipinski definition) is 4. The highest BCUT2D eigenvalue weighted by Gasteiger charge is 2.23. The number of hydrogen-bond donors (Lipinski definition) is 2. The molecule has 1 aliphatic rings. The van der Waals surface area contributed by atoms with Crippen LogP contribution in [0.3, 0.4) is 0 Å². The minimum atomic E-state index is -0.645. The number of rotatable bonds is 3. The third-order valence-electron chi connectivity index (χ3n) is 3.82. The van der Waals surface area contributed by atoms with E-state index in [9.17, 15) is 9.59 Å². The van der Waals surface area contributed by atoms with Gasteiger partial charge in [-0.05, 0) is 31.4 Å². The summed E-state index contributed by atoms with van der Waals surface area (Å²) in [5.41, 5.74) is 1.56. The zero-order valence-corrected chi connectivity index (χ0v) is 12.6. The van der Waals surface area contributed by atoms with Crippen molar-refractivity contribution in [3.63, 3.8) is 0 Å². The third-order valence-corrected chi connectivity index (χ3v) is 3.82. The molecule has 0 saturated carbocycles. The summed E-state index contributed by atoms with van der Waals surface area (Å²) < 4.78 is 0. The van der Waals surface area contributed by atoms with Crippen molar-refractivity contribution in [3.8, 4) is 6.07 Å².